The first-order valence-corrected chi connectivity index (χ1v) is 4.87. The summed E-state index contributed by atoms with van der Waals surface area (Å²) in [6.07, 6.45) is -0.307. The fraction of sp³-hybridized carbons (Fsp3) is 1.00. The Bertz CT molecular complexity index is 228. The van der Waals surface area contributed by atoms with Crippen molar-refractivity contribution < 1.29 is 17.7 Å². The lowest BCUT2D eigenvalue weighted by Gasteiger charge is -2.06. The molecule has 5 nitrogen and oxygen atoms in total. The molecule has 1 unspecified atom stereocenters. The van der Waals surface area contributed by atoms with Crippen LogP contribution >= 0.6 is 11.6 Å². The molecule has 1 heterocycles. The molecule has 1 fully saturated rings. The van der Waals surface area contributed by atoms with Crippen LogP contribution < -0.4 is 0 Å². The van der Waals surface area contributed by atoms with Gasteiger partial charge in [0, 0.05) is 6.54 Å². The lowest BCUT2D eigenvalue weighted by molar-refractivity contribution is 0.116. The molecule has 0 saturated carbocycles. The fourth-order valence-electron chi connectivity index (χ4n) is 0.775. The van der Waals surface area contributed by atoms with Gasteiger partial charge >= 0.3 is 10.3 Å². The standard InChI is InChI=1S/C4H8ClNO4S/c5-1-4-2-6(3-10-4)11(7,8)9/h4H,1-3H2,(H,7,8,9). The molecule has 11 heavy (non-hydrogen) atoms. The van der Waals surface area contributed by atoms with E-state index in [-0.39, 0.29) is 25.3 Å². The molecule has 0 aliphatic carbocycles. The van der Waals surface area contributed by atoms with E-state index in [1.807, 2.05) is 0 Å². The van der Waals surface area contributed by atoms with E-state index in [0.29, 0.717) is 0 Å². The third-order valence-corrected chi connectivity index (χ3v) is 2.61. The minimum atomic E-state index is -4.10. The van der Waals surface area contributed by atoms with Crippen molar-refractivity contribution in [1.29, 1.82) is 0 Å². The Kier molecular flexibility index (Phi) is 2.71. The number of hydrogen-bond donors (Lipinski definition) is 1. The monoisotopic (exact) mass is 201 g/mol. The number of ether oxygens (including phenoxy) is 1. The van der Waals surface area contributed by atoms with Gasteiger partial charge in [0.1, 0.15) is 6.73 Å². The Hall–Kier alpha value is 0.120. The molecule has 1 N–H and O–H groups in total. The fourth-order valence-corrected chi connectivity index (χ4v) is 1.51. The van der Waals surface area contributed by atoms with E-state index in [9.17, 15) is 8.42 Å². The van der Waals surface area contributed by atoms with Gasteiger partial charge in [-0.1, -0.05) is 0 Å². The second kappa shape index (κ2) is 3.24. The molecular formula is C4H8ClNO4S. The Morgan fingerprint density at radius 3 is 2.64 bits per heavy atom. The van der Waals surface area contributed by atoms with Crippen molar-refractivity contribution in [1.82, 2.24) is 4.31 Å². The predicted molar refractivity (Wildman–Crippen MR) is 38.7 cm³/mol. The van der Waals surface area contributed by atoms with E-state index in [1.165, 1.54) is 0 Å². The van der Waals surface area contributed by atoms with Gasteiger partial charge in [0.05, 0.1) is 12.0 Å². The average Bonchev–Trinajstić information content (AvgIpc) is 2.32. The first-order chi connectivity index (χ1) is 5.04. The van der Waals surface area contributed by atoms with Crippen molar-refractivity contribution in [2.24, 2.45) is 0 Å². The molecular weight excluding hydrogens is 194 g/mol. The molecule has 0 spiro atoms. The van der Waals surface area contributed by atoms with Gasteiger partial charge in [0.2, 0.25) is 0 Å². The number of nitrogens with zero attached hydrogens (tertiary/aromatic N) is 1. The van der Waals surface area contributed by atoms with Gasteiger partial charge in [-0.15, -0.1) is 11.6 Å². The van der Waals surface area contributed by atoms with Crippen LogP contribution in [0.4, 0.5) is 0 Å². The van der Waals surface area contributed by atoms with Gasteiger partial charge in [-0.3, -0.25) is 4.55 Å². The van der Waals surface area contributed by atoms with E-state index in [4.69, 9.17) is 20.9 Å². The minimum absolute atomic E-state index is 0.115. The summed E-state index contributed by atoms with van der Waals surface area (Å²) in [5.41, 5.74) is 0. The highest BCUT2D eigenvalue weighted by Crippen LogP contribution is 2.11. The molecule has 7 heteroatoms. The maximum absolute atomic E-state index is 10.5. The molecule has 66 valence electrons. The molecule has 0 amide bonds. The van der Waals surface area contributed by atoms with Crippen LogP contribution in [0.5, 0.6) is 0 Å². The third-order valence-electron chi connectivity index (χ3n) is 1.36. The molecule has 0 bridgehead atoms. The van der Waals surface area contributed by atoms with Crippen LogP contribution in [0.2, 0.25) is 0 Å². The second-order valence-corrected chi connectivity index (χ2v) is 3.90. The summed E-state index contributed by atoms with van der Waals surface area (Å²) < 4.78 is 35.1. The minimum Gasteiger partial charge on any atom is -0.359 e. The second-order valence-electron chi connectivity index (χ2n) is 2.18. The Morgan fingerprint density at radius 2 is 2.36 bits per heavy atom. The van der Waals surface area contributed by atoms with Crippen LogP contribution in [0.3, 0.4) is 0 Å². The smallest absolute Gasteiger partial charge is 0.337 e. The van der Waals surface area contributed by atoms with E-state index in [0.717, 1.165) is 4.31 Å². The van der Waals surface area contributed by atoms with E-state index in [1.54, 1.807) is 0 Å². The van der Waals surface area contributed by atoms with Crippen LogP contribution in [0.15, 0.2) is 0 Å². The van der Waals surface area contributed by atoms with Gasteiger partial charge < -0.3 is 4.74 Å². The molecule has 1 saturated heterocycles. The first-order valence-electron chi connectivity index (χ1n) is 2.94. The van der Waals surface area contributed by atoms with Crippen LogP contribution in [0.1, 0.15) is 0 Å². The number of halogens is 1. The number of alkyl halides is 1. The van der Waals surface area contributed by atoms with Crippen molar-refractivity contribution in [3.8, 4) is 0 Å². The Labute approximate surface area is 69.8 Å². The number of rotatable bonds is 2. The summed E-state index contributed by atoms with van der Waals surface area (Å²) >= 11 is 5.40. The van der Waals surface area contributed by atoms with Crippen LogP contribution in [0.25, 0.3) is 0 Å². The van der Waals surface area contributed by atoms with Gasteiger partial charge in [0.25, 0.3) is 0 Å². The van der Waals surface area contributed by atoms with Crippen molar-refractivity contribution >= 4 is 21.9 Å². The normalized spacial score (nSPS) is 27.6. The van der Waals surface area contributed by atoms with Gasteiger partial charge in [-0.25, -0.2) is 0 Å². The number of hydrogen-bond acceptors (Lipinski definition) is 3. The SMILES string of the molecule is O=S(=O)(O)N1COC(CCl)C1. The topological polar surface area (TPSA) is 66.8 Å². The van der Waals surface area contributed by atoms with Crippen LogP contribution in [-0.2, 0) is 15.0 Å². The van der Waals surface area contributed by atoms with Crippen molar-refractivity contribution in [2.75, 3.05) is 19.2 Å². The molecule has 1 atom stereocenters. The third kappa shape index (κ3) is 2.28. The summed E-state index contributed by atoms with van der Waals surface area (Å²) in [5, 5.41) is 0. The van der Waals surface area contributed by atoms with Crippen molar-refractivity contribution in [3.05, 3.63) is 0 Å². The summed E-state index contributed by atoms with van der Waals surface area (Å²) in [6.45, 7) is 0.0125. The van der Waals surface area contributed by atoms with Crippen molar-refractivity contribution in [3.63, 3.8) is 0 Å². The largest absolute Gasteiger partial charge is 0.359 e. The predicted octanol–water partition coefficient (Wildman–Crippen LogP) is -0.314. The quantitative estimate of drug-likeness (QED) is 0.492. The highest BCUT2D eigenvalue weighted by molar-refractivity contribution is 7.83. The molecule has 1 aliphatic rings. The van der Waals surface area contributed by atoms with E-state index in [2.05, 4.69) is 0 Å². The van der Waals surface area contributed by atoms with Crippen LogP contribution in [0, 0.1) is 0 Å². The summed E-state index contributed by atoms with van der Waals surface area (Å²) in [6, 6.07) is 0. The summed E-state index contributed by atoms with van der Waals surface area (Å²) in [5.74, 6) is 0.228. The highest BCUT2D eigenvalue weighted by Gasteiger charge is 2.29. The molecule has 0 aromatic heterocycles. The average molecular weight is 202 g/mol. The van der Waals surface area contributed by atoms with Gasteiger partial charge in [0.15, 0.2) is 0 Å². The molecule has 0 radical (unpaired) electrons. The summed E-state index contributed by atoms with van der Waals surface area (Å²) in [7, 11) is -4.10. The maximum atomic E-state index is 10.5. The summed E-state index contributed by atoms with van der Waals surface area (Å²) in [4.78, 5) is 0. The molecule has 0 aromatic carbocycles. The lowest BCUT2D eigenvalue weighted by atomic mass is 10.4. The zero-order valence-electron chi connectivity index (χ0n) is 5.60. The Balaban J connectivity index is 2.55. The van der Waals surface area contributed by atoms with Crippen molar-refractivity contribution in [2.45, 2.75) is 6.10 Å². The molecule has 1 rings (SSSR count). The zero-order valence-corrected chi connectivity index (χ0v) is 7.18. The van der Waals surface area contributed by atoms with E-state index < -0.39 is 10.3 Å². The van der Waals surface area contributed by atoms with Crippen LogP contribution in [-0.4, -0.2) is 42.5 Å². The molecule has 1 aliphatic heterocycles. The molecule has 0 aromatic rings. The van der Waals surface area contributed by atoms with Gasteiger partial charge in [-0.05, 0) is 0 Å². The highest BCUT2D eigenvalue weighted by atomic mass is 35.5. The Morgan fingerprint density at radius 1 is 1.73 bits per heavy atom. The van der Waals surface area contributed by atoms with E-state index >= 15 is 0 Å². The lowest BCUT2D eigenvalue weighted by Crippen LogP contribution is -2.29. The zero-order chi connectivity index (χ0) is 8.48. The maximum Gasteiger partial charge on any atom is 0.337 e. The van der Waals surface area contributed by atoms with Gasteiger partial charge in [-0.2, -0.15) is 12.7 Å². The first kappa shape index (κ1) is 9.21.